The molecule has 0 bridgehead atoms. The molecule has 0 aliphatic rings. The van der Waals surface area contributed by atoms with Gasteiger partial charge in [-0.05, 0) is 13.5 Å². The maximum Gasteiger partial charge on any atom is 0.163 e. The molecule has 2 N–H and O–H groups in total. The molecule has 2 aromatic rings. The fraction of sp³-hybridized carbons (Fsp3) is 0.615. The molecule has 0 atom stereocenters. The van der Waals surface area contributed by atoms with Gasteiger partial charge in [-0.3, -0.25) is 9.58 Å². The third-order valence-electron chi connectivity index (χ3n) is 3.07. The van der Waals surface area contributed by atoms with E-state index in [1.54, 1.807) is 10.9 Å². The second kappa shape index (κ2) is 6.62. The number of fused-ring (bicyclic) bond motifs is 1. The van der Waals surface area contributed by atoms with Crippen LogP contribution in [0.15, 0.2) is 6.20 Å². The summed E-state index contributed by atoms with van der Waals surface area (Å²) in [5.74, 6) is 1.56. The third kappa shape index (κ3) is 3.23. The van der Waals surface area contributed by atoms with Crippen molar-refractivity contribution >= 4 is 16.9 Å². The smallest absolute Gasteiger partial charge is 0.163 e. The SMILES string of the molecule is CCCNc1nc(CN(C)CCO)nc2c1cnn2C. The minimum Gasteiger partial charge on any atom is -0.395 e. The predicted molar refractivity (Wildman–Crippen MR) is 78.5 cm³/mol. The highest BCUT2D eigenvalue weighted by molar-refractivity contribution is 5.86. The van der Waals surface area contributed by atoms with Gasteiger partial charge in [-0.25, -0.2) is 9.97 Å². The fourth-order valence-electron chi connectivity index (χ4n) is 2.01. The lowest BCUT2D eigenvalue weighted by Gasteiger charge is -2.15. The number of nitrogens with one attached hydrogen (secondary N) is 1. The largest absolute Gasteiger partial charge is 0.395 e. The first-order valence-corrected chi connectivity index (χ1v) is 6.87. The first-order valence-electron chi connectivity index (χ1n) is 6.87. The second-order valence-electron chi connectivity index (χ2n) is 4.88. The van der Waals surface area contributed by atoms with Crippen molar-refractivity contribution in [3.05, 3.63) is 12.0 Å². The number of aliphatic hydroxyl groups is 1. The van der Waals surface area contributed by atoms with Crippen LogP contribution in [0.5, 0.6) is 0 Å². The van der Waals surface area contributed by atoms with Gasteiger partial charge in [0.15, 0.2) is 5.65 Å². The van der Waals surface area contributed by atoms with Gasteiger partial charge in [0.2, 0.25) is 0 Å². The Bertz CT molecular complexity index is 567. The summed E-state index contributed by atoms with van der Waals surface area (Å²) in [5, 5.41) is 17.5. The molecule has 110 valence electrons. The van der Waals surface area contributed by atoms with E-state index in [4.69, 9.17) is 5.11 Å². The van der Waals surface area contributed by atoms with Crippen molar-refractivity contribution in [2.24, 2.45) is 7.05 Å². The van der Waals surface area contributed by atoms with Gasteiger partial charge in [-0.1, -0.05) is 6.92 Å². The van der Waals surface area contributed by atoms with Crippen LogP contribution in [-0.4, -0.2) is 56.5 Å². The maximum atomic E-state index is 8.96. The number of aliphatic hydroxyl groups excluding tert-OH is 1. The first-order chi connectivity index (χ1) is 9.65. The lowest BCUT2D eigenvalue weighted by Crippen LogP contribution is -2.23. The first kappa shape index (κ1) is 14.7. The maximum absolute atomic E-state index is 8.96. The second-order valence-corrected chi connectivity index (χ2v) is 4.88. The van der Waals surface area contributed by atoms with Gasteiger partial charge in [-0.15, -0.1) is 0 Å². The van der Waals surface area contributed by atoms with Crippen molar-refractivity contribution in [1.82, 2.24) is 24.6 Å². The summed E-state index contributed by atoms with van der Waals surface area (Å²) in [6, 6.07) is 0. The van der Waals surface area contributed by atoms with Crippen LogP contribution in [0, 0.1) is 0 Å². The number of anilines is 1. The van der Waals surface area contributed by atoms with Crippen molar-refractivity contribution in [2.75, 3.05) is 32.1 Å². The zero-order valence-electron chi connectivity index (χ0n) is 12.3. The van der Waals surface area contributed by atoms with Gasteiger partial charge in [0.1, 0.15) is 11.6 Å². The Kier molecular flexibility index (Phi) is 4.86. The summed E-state index contributed by atoms with van der Waals surface area (Å²) in [6.07, 6.45) is 2.82. The fourth-order valence-corrected chi connectivity index (χ4v) is 2.01. The molecule has 0 spiro atoms. The van der Waals surface area contributed by atoms with Crippen molar-refractivity contribution in [2.45, 2.75) is 19.9 Å². The molecular weight excluding hydrogens is 256 g/mol. The minimum absolute atomic E-state index is 0.130. The lowest BCUT2D eigenvalue weighted by atomic mass is 10.3. The summed E-state index contributed by atoms with van der Waals surface area (Å²) < 4.78 is 1.75. The zero-order chi connectivity index (χ0) is 14.5. The van der Waals surface area contributed by atoms with Crippen LogP contribution in [0.4, 0.5) is 5.82 Å². The highest BCUT2D eigenvalue weighted by Crippen LogP contribution is 2.19. The molecule has 0 radical (unpaired) electrons. The number of likely N-dealkylation sites (N-methyl/N-ethyl adjacent to an activating group) is 1. The normalized spacial score (nSPS) is 11.4. The van der Waals surface area contributed by atoms with E-state index >= 15 is 0 Å². The molecule has 0 unspecified atom stereocenters. The van der Waals surface area contributed by atoms with E-state index < -0.39 is 0 Å². The Balaban J connectivity index is 2.32. The Morgan fingerprint density at radius 1 is 1.40 bits per heavy atom. The molecule has 2 aromatic heterocycles. The van der Waals surface area contributed by atoms with Crippen LogP contribution >= 0.6 is 0 Å². The van der Waals surface area contributed by atoms with E-state index in [1.165, 1.54) is 0 Å². The average Bonchev–Trinajstić information content (AvgIpc) is 2.78. The van der Waals surface area contributed by atoms with E-state index in [0.29, 0.717) is 13.1 Å². The monoisotopic (exact) mass is 278 g/mol. The van der Waals surface area contributed by atoms with Gasteiger partial charge in [-0.2, -0.15) is 5.10 Å². The lowest BCUT2D eigenvalue weighted by molar-refractivity contribution is 0.215. The molecule has 2 heterocycles. The molecule has 2 rings (SSSR count). The van der Waals surface area contributed by atoms with Crippen molar-refractivity contribution in [3.63, 3.8) is 0 Å². The van der Waals surface area contributed by atoms with Crippen LogP contribution in [0.2, 0.25) is 0 Å². The molecule has 0 amide bonds. The summed E-state index contributed by atoms with van der Waals surface area (Å²) in [5.41, 5.74) is 0.825. The van der Waals surface area contributed by atoms with Crippen molar-refractivity contribution < 1.29 is 5.11 Å². The van der Waals surface area contributed by atoms with Crippen molar-refractivity contribution in [1.29, 1.82) is 0 Å². The highest BCUT2D eigenvalue weighted by atomic mass is 16.3. The van der Waals surface area contributed by atoms with Crippen LogP contribution in [0.1, 0.15) is 19.2 Å². The summed E-state index contributed by atoms with van der Waals surface area (Å²) in [7, 11) is 3.81. The predicted octanol–water partition coefficient (Wildman–Crippen LogP) is 0.609. The van der Waals surface area contributed by atoms with Crippen LogP contribution in [0.25, 0.3) is 11.0 Å². The summed E-state index contributed by atoms with van der Waals surface area (Å²) in [4.78, 5) is 11.1. The summed E-state index contributed by atoms with van der Waals surface area (Å²) in [6.45, 7) is 4.32. The zero-order valence-corrected chi connectivity index (χ0v) is 12.3. The number of rotatable bonds is 7. The van der Waals surface area contributed by atoms with Crippen LogP contribution < -0.4 is 5.32 Å². The van der Waals surface area contributed by atoms with Crippen molar-refractivity contribution in [3.8, 4) is 0 Å². The number of hydrogen-bond acceptors (Lipinski definition) is 6. The number of nitrogens with zero attached hydrogens (tertiary/aromatic N) is 5. The molecule has 0 saturated heterocycles. The van der Waals surface area contributed by atoms with Crippen LogP contribution in [0.3, 0.4) is 0 Å². The molecule has 0 saturated carbocycles. The molecule has 7 nitrogen and oxygen atoms in total. The number of aromatic nitrogens is 4. The quantitative estimate of drug-likeness (QED) is 0.772. The third-order valence-corrected chi connectivity index (χ3v) is 3.07. The van der Waals surface area contributed by atoms with Gasteiger partial charge in [0, 0.05) is 20.1 Å². The average molecular weight is 278 g/mol. The van der Waals surface area contributed by atoms with E-state index in [1.807, 2.05) is 19.0 Å². The molecule has 7 heteroatoms. The van der Waals surface area contributed by atoms with Crippen LogP contribution in [-0.2, 0) is 13.6 Å². The minimum atomic E-state index is 0.130. The van der Waals surface area contributed by atoms with E-state index in [-0.39, 0.29) is 6.61 Å². The summed E-state index contributed by atoms with van der Waals surface area (Å²) >= 11 is 0. The molecule has 0 aliphatic heterocycles. The van der Waals surface area contributed by atoms with Gasteiger partial charge in [0.05, 0.1) is 24.7 Å². The number of hydrogen-bond donors (Lipinski definition) is 2. The Morgan fingerprint density at radius 2 is 2.20 bits per heavy atom. The van der Waals surface area contributed by atoms with Gasteiger partial charge >= 0.3 is 0 Å². The number of aryl methyl sites for hydroxylation is 1. The Morgan fingerprint density at radius 3 is 2.90 bits per heavy atom. The van der Waals surface area contributed by atoms with Gasteiger partial charge in [0.25, 0.3) is 0 Å². The molecule has 0 aliphatic carbocycles. The molecule has 0 aromatic carbocycles. The van der Waals surface area contributed by atoms with E-state index in [2.05, 4.69) is 27.3 Å². The van der Waals surface area contributed by atoms with E-state index in [9.17, 15) is 0 Å². The Hall–Kier alpha value is -1.73. The Labute approximate surface area is 118 Å². The molecule has 20 heavy (non-hydrogen) atoms. The molecule has 0 fully saturated rings. The standard InChI is InChI=1S/C13H22N6O/c1-4-5-14-12-10-8-15-19(3)13(10)17-11(16-12)9-18(2)6-7-20/h8,20H,4-7,9H2,1-3H3,(H,14,16,17). The topological polar surface area (TPSA) is 79.1 Å². The van der Waals surface area contributed by atoms with E-state index in [0.717, 1.165) is 35.6 Å². The highest BCUT2D eigenvalue weighted by Gasteiger charge is 2.12. The van der Waals surface area contributed by atoms with Gasteiger partial charge < -0.3 is 10.4 Å². The molecular formula is C13H22N6O.